The van der Waals surface area contributed by atoms with Gasteiger partial charge in [-0.25, -0.2) is 0 Å². The molecule has 0 unspecified atom stereocenters. The van der Waals surface area contributed by atoms with E-state index < -0.39 is 0 Å². The molecular formula is C6H6INZn. The van der Waals surface area contributed by atoms with Gasteiger partial charge in [0, 0.05) is 0 Å². The fourth-order valence-corrected chi connectivity index (χ4v) is 1.37. The van der Waals surface area contributed by atoms with E-state index in [0.717, 1.165) is 5.69 Å². The standard InChI is InChI=1S/C6H6N.HI.Zn/c7-6-4-2-1-3-5-6;;/h1-2,4-5H,7H2;1H;/q;;+1/p-1. The average molecular weight is 284 g/mol. The van der Waals surface area contributed by atoms with Crippen molar-refractivity contribution in [1.82, 2.24) is 0 Å². The first-order valence-electron chi connectivity index (χ1n) is 2.46. The SMILES string of the molecule is Nc1ccc[c]([Zn+])c1.[I-]. The van der Waals surface area contributed by atoms with E-state index in [9.17, 15) is 0 Å². The molecule has 1 aromatic carbocycles. The summed E-state index contributed by atoms with van der Waals surface area (Å²) in [7, 11) is 0. The molecule has 0 saturated heterocycles. The normalized spacial score (nSPS) is 8.22. The van der Waals surface area contributed by atoms with Crippen molar-refractivity contribution in [2.75, 3.05) is 5.73 Å². The molecule has 0 aliphatic rings. The van der Waals surface area contributed by atoms with Crippen molar-refractivity contribution in [3.05, 3.63) is 24.3 Å². The zero-order valence-electron chi connectivity index (χ0n) is 4.97. The summed E-state index contributed by atoms with van der Waals surface area (Å²) in [5, 5.41) is 0. The van der Waals surface area contributed by atoms with Crippen LogP contribution in [0.1, 0.15) is 0 Å². The van der Waals surface area contributed by atoms with Crippen LogP contribution in [-0.2, 0) is 18.3 Å². The Morgan fingerprint density at radius 2 is 2.00 bits per heavy atom. The summed E-state index contributed by atoms with van der Waals surface area (Å²) in [5.41, 5.74) is 6.35. The molecule has 0 radical (unpaired) electrons. The maximum atomic E-state index is 5.48. The minimum absolute atomic E-state index is 0. The molecule has 0 saturated carbocycles. The summed E-state index contributed by atoms with van der Waals surface area (Å²) in [4.78, 5) is 0. The molecule has 0 fully saturated rings. The second kappa shape index (κ2) is 4.23. The first-order valence-corrected chi connectivity index (χ1v) is 3.95. The van der Waals surface area contributed by atoms with Crippen LogP contribution in [0.4, 0.5) is 5.69 Å². The molecular weight excluding hydrogens is 278 g/mol. The second-order valence-corrected chi connectivity index (χ2v) is 3.46. The molecule has 0 spiro atoms. The fraction of sp³-hybridized carbons (Fsp3) is 0. The summed E-state index contributed by atoms with van der Waals surface area (Å²) in [5.74, 6) is 0. The summed E-state index contributed by atoms with van der Waals surface area (Å²) in [6.07, 6.45) is 0. The maximum absolute atomic E-state index is 5.48. The van der Waals surface area contributed by atoms with Crippen LogP contribution >= 0.6 is 0 Å². The molecule has 1 nitrogen and oxygen atoms in total. The van der Waals surface area contributed by atoms with E-state index in [1.165, 1.54) is 22.5 Å². The van der Waals surface area contributed by atoms with Gasteiger partial charge in [0.15, 0.2) is 0 Å². The van der Waals surface area contributed by atoms with Crippen LogP contribution < -0.4 is 33.9 Å². The molecule has 0 atom stereocenters. The van der Waals surface area contributed by atoms with Crippen LogP contribution in [0.5, 0.6) is 0 Å². The molecule has 44 valence electrons. The van der Waals surface area contributed by atoms with Crippen molar-refractivity contribution in [2.24, 2.45) is 0 Å². The van der Waals surface area contributed by atoms with E-state index in [2.05, 4.69) is 6.07 Å². The molecule has 1 aromatic rings. The molecule has 0 aromatic heterocycles. The first kappa shape index (κ1) is 9.37. The van der Waals surface area contributed by atoms with Gasteiger partial charge in [0.05, 0.1) is 0 Å². The number of rotatable bonds is 0. The Bertz CT molecular complexity index is 173. The van der Waals surface area contributed by atoms with Crippen molar-refractivity contribution in [1.29, 1.82) is 0 Å². The molecule has 0 amide bonds. The largest absolute Gasteiger partial charge is 1.00 e. The van der Waals surface area contributed by atoms with Crippen molar-refractivity contribution in [2.45, 2.75) is 0 Å². The van der Waals surface area contributed by atoms with Crippen LogP contribution in [0, 0.1) is 0 Å². The zero-order chi connectivity index (χ0) is 5.98. The molecule has 0 aliphatic carbocycles. The smallest absolute Gasteiger partial charge is 1.00 e. The van der Waals surface area contributed by atoms with Crippen LogP contribution in [0.25, 0.3) is 0 Å². The third-order valence-corrected chi connectivity index (χ3v) is 1.87. The Labute approximate surface area is 81.7 Å². The number of nitrogens with two attached hydrogens (primary N) is 1. The van der Waals surface area contributed by atoms with Crippen molar-refractivity contribution in [3.63, 3.8) is 0 Å². The number of benzene rings is 1. The number of anilines is 1. The first-order chi connectivity index (χ1) is 3.79. The predicted molar refractivity (Wildman–Crippen MR) is 30.5 cm³/mol. The number of hydrogen-bond acceptors (Lipinski definition) is 1. The van der Waals surface area contributed by atoms with Crippen LogP contribution in [0.2, 0.25) is 0 Å². The van der Waals surface area contributed by atoms with Gasteiger partial charge in [0.1, 0.15) is 0 Å². The third-order valence-electron chi connectivity index (χ3n) is 0.951. The Morgan fingerprint density at radius 3 is 2.33 bits per heavy atom. The van der Waals surface area contributed by atoms with E-state index in [-0.39, 0.29) is 24.0 Å². The van der Waals surface area contributed by atoms with E-state index in [1.807, 2.05) is 18.2 Å². The van der Waals surface area contributed by atoms with Gasteiger partial charge in [0.25, 0.3) is 0 Å². The molecule has 0 bridgehead atoms. The van der Waals surface area contributed by atoms with Gasteiger partial charge >= 0.3 is 58.1 Å². The Hall–Kier alpha value is 0.373. The third kappa shape index (κ3) is 3.16. The summed E-state index contributed by atoms with van der Waals surface area (Å²) in [6, 6.07) is 7.96. The Kier molecular flexibility index (Phi) is 4.41. The quantitative estimate of drug-likeness (QED) is 0.317. The topological polar surface area (TPSA) is 26.0 Å². The number of nitrogen functional groups attached to an aromatic ring is 1. The van der Waals surface area contributed by atoms with Crippen molar-refractivity contribution >= 4 is 9.85 Å². The molecule has 3 heteroatoms. The van der Waals surface area contributed by atoms with E-state index in [1.54, 1.807) is 0 Å². The molecule has 0 aliphatic heterocycles. The zero-order valence-corrected chi connectivity index (χ0v) is 10.1. The van der Waals surface area contributed by atoms with Gasteiger partial charge in [-0.2, -0.15) is 0 Å². The molecule has 1 rings (SSSR count). The van der Waals surface area contributed by atoms with Crippen molar-refractivity contribution in [3.8, 4) is 0 Å². The summed E-state index contributed by atoms with van der Waals surface area (Å²) < 4.78 is 1.34. The fourth-order valence-electron chi connectivity index (χ4n) is 0.593. The van der Waals surface area contributed by atoms with Gasteiger partial charge in [-0.1, -0.05) is 0 Å². The van der Waals surface area contributed by atoms with Crippen LogP contribution in [0.15, 0.2) is 24.3 Å². The van der Waals surface area contributed by atoms with Gasteiger partial charge in [-0.3, -0.25) is 0 Å². The number of halogens is 1. The van der Waals surface area contributed by atoms with Crippen LogP contribution in [-0.4, -0.2) is 0 Å². The van der Waals surface area contributed by atoms with E-state index in [0.29, 0.717) is 0 Å². The van der Waals surface area contributed by atoms with Gasteiger partial charge in [-0.15, -0.1) is 0 Å². The van der Waals surface area contributed by atoms with Gasteiger partial charge in [-0.05, 0) is 0 Å². The minimum Gasteiger partial charge on any atom is -1.00 e. The van der Waals surface area contributed by atoms with Gasteiger partial charge in [0.2, 0.25) is 0 Å². The molecule has 9 heavy (non-hydrogen) atoms. The van der Waals surface area contributed by atoms with Gasteiger partial charge < -0.3 is 24.0 Å². The van der Waals surface area contributed by atoms with Crippen LogP contribution in [0.3, 0.4) is 0 Å². The minimum atomic E-state index is 0. The van der Waals surface area contributed by atoms with E-state index >= 15 is 0 Å². The Morgan fingerprint density at radius 1 is 1.33 bits per heavy atom. The number of hydrogen-bond donors (Lipinski definition) is 1. The van der Waals surface area contributed by atoms with Crippen molar-refractivity contribution < 1.29 is 42.3 Å². The maximum Gasteiger partial charge on any atom is -1.00 e. The van der Waals surface area contributed by atoms with E-state index in [4.69, 9.17) is 5.73 Å². The molecule has 2 N–H and O–H groups in total. The monoisotopic (exact) mass is 283 g/mol. The summed E-state index contributed by atoms with van der Waals surface area (Å²) >= 11 is 1.19. The summed E-state index contributed by atoms with van der Waals surface area (Å²) in [6.45, 7) is 0. The average Bonchev–Trinajstić information content (AvgIpc) is 1.64. The predicted octanol–water partition coefficient (Wildman–Crippen LogP) is -2.56. The second-order valence-electron chi connectivity index (χ2n) is 1.75. The molecule has 0 heterocycles. The Balaban J connectivity index is 0.000000640.